The van der Waals surface area contributed by atoms with Crippen LogP contribution in [-0.2, 0) is 30.6 Å². The summed E-state index contributed by atoms with van der Waals surface area (Å²) >= 11 is 0. The Kier molecular flexibility index (Phi) is 5.63. The number of aryl methyl sites for hydroxylation is 1. The molecule has 0 unspecified atom stereocenters. The number of rotatable bonds is 8. The summed E-state index contributed by atoms with van der Waals surface area (Å²) < 4.78 is 28.7. The van der Waals surface area contributed by atoms with Gasteiger partial charge < -0.3 is 14.6 Å². The summed E-state index contributed by atoms with van der Waals surface area (Å²) in [5, 5.41) is 1.16. The maximum Gasteiger partial charge on any atom is 0.306 e. The standard InChI is InChI=1S/C21H26N2O5S/c24-20(23(16-8-9-16)17-10-11-29(26,27)14-17)13-28-21(25)7-3-4-15-12-22-19-6-2-1-5-18(15)19/h1-2,5-6,12,16-17,22H,3-4,7-11,13-14H2/t17-/m1/s1. The Balaban J connectivity index is 1.24. The van der Waals surface area contributed by atoms with Gasteiger partial charge in [-0.3, -0.25) is 9.59 Å². The Bertz CT molecular complexity index is 1010. The van der Waals surface area contributed by atoms with Crippen LogP contribution >= 0.6 is 0 Å². The molecule has 1 N–H and O–H groups in total. The first-order valence-corrected chi connectivity index (χ1v) is 12.0. The van der Waals surface area contributed by atoms with Crippen LogP contribution in [0, 0.1) is 0 Å². The highest BCUT2D eigenvalue weighted by atomic mass is 32.2. The first-order valence-electron chi connectivity index (χ1n) is 10.2. The predicted molar refractivity (Wildman–Crippen MR) is 109 cm³/mol. The molecule has 2 fully saturated rings. The number of carbonyl (C=O) groups excluding carboxylic acids is 2. The molecular weight excluding hydrogens is 392 g/mol. The number of sulfone groups is 1. The predicted octanol–water partition coefficient (Wildman–Crippen LogP) is 2.21. The van der Waals surface area contributed by atoms with Crippen molar-refractivity contribution in [1.82, 2.24) is 9.88 Å². The van der Waals surface area contributed by atoms with E-state index in [9.17, 15) is 18.0 Å². The van der Waals surface area contributed by atoms with Crippen LogP contribution < -0.4 is 0 Å². The van der Waals surface area contributed by atoms with Crippen molar-refractivity contribution in [3.63, 3.8) is 0 Å². The molecule has 1 amide bonds. The molecular formula is C21H26N2O5S. The van der Waals surface area contributed by atoms with E-state index in [1.807, 2.05) is 30.5 Å². The second-order valence-corrected chi connectivity index (χ2v) is 10.2. The van der Waals surface area contributed by atoms with Gasteiger partial charge in [-0.2, -0.15) is 0 Å². The van der Waals surface area contributed by atoms with Gasteiger partial charge >= 0.3 is 5.97 Å². The van der Waals surface area contributed by atoms with Crippen molar-refractivity contribution >= 4 is 32.6 Å². The van der Waals surface area contributed by atoms with E-state index in [0.717, 1.165) is 35.7 Å². The van der Waals surface area contributed by atoms with E-state index in [4.69, 9.17) is 4.74 Å². The topological polar surface area (TPSA) is 96.5 Å². The largest absolute Gasteiger partial charge is 0.456 e. The lowest BCUT2D eigenvalue weighted by atomic mass is 10.1. The van der Waals surface area contributed by atoms with Crippen molar-refractivity contribution in [2.24, 2.45) is 0 Å². The zero-order valence-corrected chi connectivity index (χ0v) is 17.1. The molecule has 1 saturated heterocycles. The van der Waals surface area contributed by atoms with Gasteiger partial charge in [0.15, 0.2) is 16.4 Å². The van der Waals surface area contributed by atoms with Gasteiger partial charge in [0.25, 0.3) is 5.91 Å². The monoisotopic (exact) mass is 418 g/mol. The van der Waals surface area contributed by atoms with E-state index in [0.29, 0.717) is 12.8 Å². The summed E-state index contributed by atoms with van der Waals surface area (Å²) in [6, 6.07) is 7.85. The first-order chi connectivity index (χ1) is 13.9. The second kappa shape index (κ2) is 8.18. The van der Waals surface area contributed by atoms with E-state index in [2.05, 4.69) is 4.98 Å². The van der Waals surface area contributed by atoms with Gasteiger partial charge in [0.05, 0.1) is 11.5 Å². The number of benzene rings is 1. The number of H-pyrrole nitrogens is 1. The quantitative estimate of drug-likeness (QED) is 0.663. The molecule has 8 heteroatoms. The smallest absolute Gasteiger partial charge is 0.306 e. The van der Waals surface area contributed by atoms with Crippen molar-refractivity contribution in [3.05, 3.63) is 36.0 Å². The van der Waals surface area contributed by atoms with Crippen LogP contribution in [0.25, 0.3) is 10.9 Å². The van der Waals surface area contributed by atoms with Crippen molar-refractivity contribution < 1.29 is 22.7 Å². The number of aromatic amines is 1. The molecule has 156 valence electrons. The third-order valence-electron chi connectivity index (χ3n) is 5.69. The Morgan fingerprint density at radius 2 is 1.93 bits per heavy atom. The van der Waals surface area contributed by atoms with Crippen LogP contribution in [0.1, 0.15) is 37.7 Å². The van der Waals surface area contributed by atoms with Gasteiger partial charge in [0.1, 0.15) is 0 Å². The molecule has 1 atom stereocenters. The number of nitrogens with one attached hydrogen (secondary N) is 1. The summed E-state index contributed by atoms with van der Waals surface area (Å²) in [5.74, 6) is -0.525. The normalized spacial score (nSPS) is 20.6. The van der Waals surface area contributed by atoms with Crippen LogP contribution in [0.15, 0.2) is 30.5 Å². The molecule has 0 bridgehead atoms. The lowest BCUT2D eigenvalue weighted by Gasteiger charge is -2.28. The maximum absolute atomic E-state index is 12.6. The molecule has 2 aliphatic rings. The molecule has 1 saturated carbocycles. The molecule has 4 rings (SSSR count). The fourth-order valence-corrected chi connectivity index (χ4v) is 5.81. The van der Waals surface area contributed by atoms with Crippen molar-refractivity contribution in [2.45, 2.75) is 50.6 Å². The van der Waals surface area contributed by atoms with Crippen LogP contribution in [0.5, 0.6) is 0 Å². The summed E-state index contributed by atoms with van der Waals surface area (Å²) in [6.45, 7) is -0.307. The fourth-order valence-electron chi connectivity index (χ4n) is 4.10. The summed E-state index contributed by atoms with van der Waals surface area (Å²) in [4.78, 5) is 29.5. The molecule has 0 radical (unpaired) electrons. The lowest BCUT2D eigenvalue weighted by Crippen LogP contribution is -2.44. The van der Waals surface area contributed by atoms with Gasteiger partial charge in [-0.05, 0) is 43.7 Å². The second-order valence-electron chi connectivity index (χ2n) is 7.96. The van der Waals surface area contributed by atoms with Crippen LogP contribution in [-0.4, -0.2) is 60.4 Å². The van der Waals surface area contributed by atoms with Crippen molar-refractivity contribution in [1.29, 1.82) is 0 Å². The number of fused-ring (bicyclic) bond motifs is 1. The molecule has 29 heavy (non-hydrogen) atoms. The molecule has 0 spiro atoms. The third kappa shape index (κ3) is 4.80. The zero-order valence-electron chi connectivity index (χ0n) is 16.3. The number of para-hydroxylation sites is 1. The SMILES string of the molecule is O=C(CCCc1c[nH]c2ccccc12)OCC(=O)N(C1CC1)[C@@H]1CCS(=O)(=O)C1. The minimum Gasteiger partial charge on any atom is -0.456 e. The van der Waals surface area contributed by atoms with Crippen LogP contribution in [0.2, 0.25) is 0 Å². The number of carbonyl (C=O) groups is 2. The van der Waals surface area contributed by atoms with Gasteiger partial charge in [-0.25, -0.2) is 8.42 Å². The average molecular weight is 419 g/mol. The molecule has 1 aliphatic carbocycles. The third-order valence-corrected chi connectivity index (χ3v) is 7.44. The van der Waals surface area contributed by atoms with Crippen LogP contribution in [0.3, 0.4) is 0 Å². The first kappa shape index (κ1) is 19.9. The Morgan fingerprint density at radius 3 is 2.66 bits per heavy atom. The molecule has 2 heterocycles. The van der Waals surface area contributed by atoms with E-state index < -0.39 is 15.8 Å². The number of nitrogens with zero attached hydrogens (tertiary/aromatic N) is 1. The van der Waals surface area contributed by atoms with E-state index in [1.54, 1.807) is 4.90 Å². The fraction of sp³-hybridized carbons (Fsp3) is 0.524. The zero-order chi connectivity index (χ0) is 20.4. The average Bonchev–Trinajstić information content (AvgIpc) is 3.34. The molecule has 1 aliphatic heterocycles. The van der Waals surface area contributed by atoms with E-state index in [-0.39, 0.29) is 42.5 Å². The van der Waals surface area contributed by atoms with Gasteiger partial charge in [-0.1, -0.05) is 18.2 Å². The van der Waals surface area contributed by atoms with E-state index >= 15 is 0 Å². The Hall–Kier alpha value is -2.35. The van der Waals surface area contributed by atoms with Gasteiger partial charge in [-0.15, -0.1) is 0 Å². The number of aromatic nitrogens is 1. The highest BCUT2D eigenvalue weighted by molar-refractivity contribution is 7.91. The van der Waals surface area contributed by atoms with Crippen molar-refractivity contribution in [2.75, 3.05) is 18.1 Å². The van der Waals surface area contributed by atoms with Crippen molar-refractivity contribution in [3.8, 4) is 0 Å². The summed E-state index contributed by atoms with van der Waals surface area (Å²) in [6.07, 6.45) is 5.85. The molecule has 7 nitrogen and oxygen atoms in total. The number of amides is 1. The Morgan fingerprint density at radius 1 is 1.14 bits per heavy atom. The number of ether oxygens (including phenoxy) is 1. The molecule has 1 aromatic carbocycles. The molecule has 2 aromatic rings. The summed E-state index contributed by atoms with van der Waals surface area (Å²) in [5.41, 5.74) is 2.23. The summed E-state index contributed by atoms with van der Waals surface area (Å²) in [7, 11) is -3.06. The highest BCUT2D eigenvalue weighted by Crippen LogP contribution is 2.32. The molecule has 1 aromatic heterocycles. The number of hydrogen-bond acceptors (Lipinski definition) is 5. The number of esters is 1. The van der Waals surface area contributed by atoms with Crippen LogP contribution in [0.4, 0.5) is 0 Å². The minimum absolute atomic E-state index is 0.0216. The Labute approximate surface area is 170 Å². The minimum atomic E-state index is -3.06. The highest BCUT2D eigenvalue weighted by Gasteiger charge is 2.42. The number of hydrogen-bond donors (Lipinski definition) is 1. The van der Waals surface area contributed by atoms with Gasteiger partial charge in [0, 0.05) is 35.6 Å². The van der Waals surface area contributed by atoms with E-state index in [1.165, 1.54) is 0 Å². The van der Waals surface area contributed by atoms with Gasteiger partial charge in [0.2, 0.25) is 0 Å². The maximum atomic E-state index is 12.6. The lowest BCUT2D eigenvalue weighted by molar-refractivity contribution is -0.153.